The van der Waals surface area contributed by atoms with E-state index in [-0.39, 0.29) is 29.6 Å². The first-order valence-electron chi connectivity index (χ1n) is 2.21. The van der Waals surface area contributed by atoms with Crippen LogP contribution in [0.5, 0.6) is 0 Å². The molecule has 0 N–H and O–H groups in total. The zero-order chi connectivity index (χ0) is 5.98. The third-order valence-corrected chi connectivity index (χ3v) is 1.58. The van der Waals surface area contributed by atoms with Crippen molar-refractivity contribution in [3.05, 3.63) is 34.3 Å². The fraction of sp³-hybridized carbons (Fsp3) is 0. The minimum absolute atomic E-state index is 0. The Labute approximate surface area is 86.5 Å². The van der Waals surface area contributed by atoms with Crippen LogP contribution in [0.25, 0.3) is 0 Å². The summed E-state index contributed by atoms with van der Waals surface area (Å²) in [5.41, 5.74) is 0. The molecule has 1 aromatic rings. The van der Waals surface area contributed by atoms with Gasteiger partial charge in [0.1, 0.15) is 0 Å². The number of hydrogen-bond acceptors (Lipinski definition) is 0. The molecule has 9 heavy (non-hydrogen) atoms. The molecule has 0 amide bonds. The van der Waals surface area contributed by atoms with E-state index < -0.39 is 0 Å². The van der Waals surface area contributed by atoms with Crippen LogP contribution in [-0.2, 0) is 0 Å². The Kier molecular flexibility index (Phi) is 5.00. The van der Waals surface area contributed by atoms with E-state index >= 15 is 0 Å². The van der Waals surface area contributed by atoms with Crippen LogP contribution in [0, 0.1) is 0 Å². The third-order valence-electron chi connectivity index (χ3n) is 0.824. The molecule has 0 aliphatic carbocycles. The van der Waals surface area contributed by atoms with Crippen molar-refractivity contribution < 1.29 is 0 Å². The van der Waals surface area contributed by atoms with Gasteiger partial charge in [-0.05, 0) is 12.1 Å². The molecule has 0 nitrogen and oxygen atoms in total. The summed E-state index contributed by atoms with van der Waals surface area (Å²) in [7, 11) is 0. The van der Waals surface area contributed by atoms with Crippen LogP contribution in [0.3, 0.4) is 0 Å². The van der Waals surface area contributed by atoms with Crippen molar-refractivity contribution in [2.75, 3.05) is 0 Å². The van der Waals surface area contributed by atoms with Gasteiger partial charge in [0.2, 0.25) is 0 Å². The molecule has 0 atom stereocenters. The fourth-order valence-corrected chi connectivity index (χ4v) is 0.711. The van der Waals surface area contributed by atoms with Gasteiger partial charge in [-0.25, -0.2) is 0 Å². The molecule has 3 heteroatoms. The maximum absolute atomic E-state index is 5.58. The Bertz CT molecular complexity index is 167. The average Bonchev–Trinajstić information content (AvgIpc) is 1.77. The van der Waals surface area contributed by atoms with Crippen LogP contribution in [-0.4, -0.2) is 29.6 Å². The van der Waals surface area contributed by atoms with Crippen LogP contribution in [0.4, 0.5) is 0 Å². The molecule has 0 spiro atoms. The average molecular weight is 170 g/mol. The molecular weight excluding hydrogens is 166 g/mol. The minimum Gasteiger partial charge on any atom is -0.0827 e. The first kappa shape index (κ1) is 9.80. The quantitative estimate of drug-likeness (QED) is 0.525. The minimum atomic E-state index is 0. The number of hydrogen-bond donors (Lipinski definition) is 0. The SMILES string of the molecule is Clc1ccccc1Cl.[Na]. The second-order valence-corrected chi connectivity index (χ2v) is 2.23. The summed E-state index contributed by atoms with van der Waals surface area (Å²) < 4.78 is 0. The van der Waals surface area contributed by atoms with E-state index in [0.717, 1.165) is 0 Å². The van der Waals surface area contributed by atoms with Gasteiger partial charge in [-0.15, -0.1) is 0 Å². The van der Waals surface area contributed by atoms with E-state index in [1.807, 2.05) is 12.1 Å². The van der Waals surface area contributed by atoms with Crippen molar-refractivity contribution in [1.29, 1.82) is 0 Å². The van der Waals surface area contributed by atoms with E-state index in [4.69, 9.17) is 23.2 Å². The maximum Gasteiger partial charge on any atom is 0.0592 e. The number of benzene rings is 1. The molecule has 0 unspecified atom stereocenters. The van der Waals surface area contributed by atoms with Gasteiger partial charge < -0.3 is 0 Å². The van der Waals surface area contributed by atoms with Gasteiger partial charge in [0.15, 0.2) is 0 Å². The van der Waals surface area contributed by atoms with Crippen molar-refractivity contribution in [1.82, 2.24) is 0 Å². The summed E-state index contributed by atoms with van der Waals surface area (Å²) >= 11 is 11.2. The largest absolute Gasteiger partial charge is 0.0827 e. The Morgan fingerprint density at radius 2 is 1.22 bits per heavy atom. The Morgan fingerprint density at radius 3 is 1.44 bits per heavy atom. The first-order chi connectivity index (χ1) is 3.80. The van der Waals surface area contributed by atoms with E-state index in [1.165, 1.54) is 0 Å². The Balaban J connectivity index is 0.000000640. The molecule has 1 rings (SSSR count). The molecule has 0 fully saturated rings. The fourth-order valence-electron chi connectivity index (χ4n) is 0.439. The van der Waals surface area contributed by atoms with Crippen molar-refractivity contribution in [2.45, 2.75) is 0 Å². The molecule has 0 saturated heterocycles. The van der Waals surface area contributed by atoms with Gasteiger partial charge in [-0.2, -0.15) is 0 Å². The van der Waals surface area contributed by atoms with E-state index in [9.17, 15) is 0 Å². The van der Waals surface area contributed by atoms with Gasteiger partial charge in [0.25, 0.3) is 0 Å². The zero-order valence-electron chi connectivity index (χ0n) is 5.07. The predicted octanol–water partition coefficient (Wildman–Crippen LogP) is 2.61. The number of halogens is 2. The maximum atomic E-state index is 5.58. The van der Waals surface area contributed by atoms with E-state index in [2.05, 4.69) is 0 Å². The van der Waals surface area contributed by atoms with E-state index in [0.29, 0.717) is 10.0 Å². The molecule has 0 saturated carbocycles. The molecule has 0 aromatic heterocycles. The molecule has 0 bridgehead atoms. The standard InChI is InChI=1S/C6H4Cl2.Na/c7-5-3-1-2-4-6(5)8;/h1-4H;. The first-order valence-corrected chi connectivity index (χ1v) is 2.96. The van der Waals surface area contributed by atoms with Crippen LogP contribution in [0.15, 0.2) is 24.3 Å². The van der Waals surface area contributed by atoms with Crippen LogP contribution >= 0.6 is 23.2 Å². The predicted molar refractivity (Wildman–Crippen MR) is 42.2 cm³/mol. The van der Waals surface area contributed by atoms with Gasteiger partial charge in [-0.1, -0.05) is 35.3 Å². The van der Waals surface area contributed by atoms with Crippen LogP contribution < -0.4 is 0 Å². The summed E-state index contributed by atoms with van der Waals surface area (Å²) in [5.74, 6) is 0. The smallest absolute Gasteiger partial charge is 0.0592 e. The summed E-state index contributed by atoms with van der Waals surface area (Å²) in [6.07, 6.45) is 0. The van der Waals surface area contributed by atoms with Crippen LogP contribution in [0.1, 0.15) is 0 Å². The molecule has 1 aromatic carbocycles. The zero-order valence-corrected chi connectivity index (χ0v) is 8.58. The van der Waals surface area contributed by atoms with Gasteiger partial charge in [-0.3, -0.25) is 0 Å². The third kappa shape index (κ3) is 2.92. The summed E-state index contributed by atoms with van der Waals surface area (Å²) in [5, 5.41) is 1.21. The second-order valence-electron chi connectivity index (χ2n) is 1.41. The molecule has 43 valence electrons. The molecule has 1 radical (unpaired) electrons. The summed E-state index contributed by atoms with van der Waals surface area (Å²) in [4.78, 5) is 0. The molecule has 0 heterocycles. The summed E-state index contributed by atoms with van der Waals surface area (Å²) in [6.45, 7) is 0. The second kappa shape index (κ2) is 4.59. The molecule has 0 aliphatic rings. The van der Waals surface area contributed by atoms with E-state index in [1.54, 1.807) is 12.1 Å². The van der Waals surface area contributed by atoms with Gasteiger partial charge >= 0.3 is 0 Å². The number of rotatable bonds is 0. The van der Waals surface area contributed by atoms with Crippen molar-refractivity contribution in [3.63, 3.8) is 0 Å². The monoisotopic (exact) mass is 169 g/mol. The topological polar surface area (TPSA) is 0 Å². The normalized spacial score (nSPS) is 8.22. The van der Waals surface area contributed by atoms with Crippen molar-refractivity contribution in [3.8, 4) is 0 Å². The molecule has 0 aliphatic heterocycles. The van der Waals surface area contributed by atoms with Crippen molar-refractivity contribution >= 4 is 52.8 Å². The van der Waals surface area contributed by atoms with Crippen LogP contribution in [0.2, 0.25) is 10.0 Å². The summed E-state index contributed by atoms with van der Waals surface area (Å²) in [6, 6.07) is 7.19. The van der Waals surface area contributed by atoms with Gasteiger partial charge in [0, 0.05) is 29.6 Å². The molecular formula is C6H4Cl2Na. The van der Waals surface area contributed by atoms with Gasteiger partial charge in [0.05, 0.1) is 10.0 Å². The Hall–Kier alpha value is 0.800. The van der Waals surface area contributed by atoms with Crippen molar-refractivity contribution in [2.24, 2.45) is 0 Å². The Morgan fingerprint density at radius 1 is 0.889 bits per heavy atom.